The molecule has 112 valence electrons. The van der Waals surface area contributed by atoms with Crippen molar-refractivity contribution < 1.29 is 4.39 Å². The first-order valence-electron chi connectivity index (χ1n) is 7.17. The van der Waals surface area contributed by atoms with Crippen LogP contribution in [-0.2, 0) is 13.0 Å². The average Bonchev–Trinajstić information content (AvgIpc) is 2.76. The van der Waals surface area contributed by atoms with Crippen molar-refractivity contribution in [3.63, 3.8) is 0 Å². The molecule has 1 aliphatic heterocycles. The Kier molecular flexibility index (Phi) is 3.61. The van der Waals surface area contributed by atoms with E-state index in [2.05, 4.69) is 5.10 Å². The fraction of sp³-hybridized carbons (Fsp3) is 0.467. The molecule has 1 aromatic carbocycles. The minimum Gasteiger partial charge on any atom is -0.279 e. The van der Waals surface area contributed by atoms with Gasteiger partial charge in [0.15, 0.2) is 5.82 Å². The van der Waals surface area contributed by atoms with E-state index in [-0.39, 0.29) is 17.3 Å². The van der Waals surface area contributed by atoms with Gasteiger partial charge in [-0.3, -0.25) is 4.57 Å². The Hall–Kier alpha value is -1.62. The zero-order valence-electron chi connectivity index (χ0n) is 12.1. The Morgan fingerprint density at radius 3 is 2.76 bits per heavy atom. The molecule has 6 heteroatoms. The number of hydrogen-bond donors (Lipinski definition) is 0. The Balaban J connectivity index is 2.19. The van der Waals surface area contributed by atoms with Crippen molar-refractivity contribution >= 4 is 11.6 Å². The molecule has 1 aromatic heterocycles. The number of aryl methyl sites for hydroxylation is 1. The van der Waals surface area contributed by atoms with Crippen molar-refractivity contribution in [2.45, 2.75) is 45.6 Å². The minimum absolute atomic E-state index is 0.143. The van der Waals surface area contributed by atoms with Crippen LogP contribution in [0.3, 0.4) is 0 Å². The quantitative estimate of drug-likeness (QED) is 0.854. The Morgan fingerprint density at radius 1 is 1.33 bits per heavy atom. The molecule has 0 amide bonds. The van der Waals surface area contributed by atoms with Crippen molar-refractivity contribution in [3.05, 3.63) is 44.8 Å². The lowest BCUT2D eigenvalue weighted by Crippen LogP contribution is -2.26. The number of nitrogens with zero attached hydrogens (tertiary/aromatic N) is 3. The van der Waals surface area contributed by atoms with E-state index in [1.165, 1.54) is 6.07 Å². The number of hydrogen-bond acceptors (Lipinski definition) is 2. The second-order valence-electron chi connectivity index (χ2n) is 5.70. The molecule has 0 atom stereocenters. The van der Waals surface area contributed by atoms with Gasteiger partial charge in [0, 0.05) is 18.0 Å². The van der Waals surface area contributed by atoms with Crippen LogP contribution >= 0.6 is 11.6 Å². The summed E-state index contributed by atoms with van der Waals surface area (Å²) in [5, 5.41) is 4.67. The molecular weight excluding hydrogens is 293 g/mol. The van der Waals surface area contributed by atoms with E-state index in [0.29, 0.717) is 11.6 Å². The molecule has 3 rings (SSSR count). The maximum atomic E-state index is 14.2. The highest BCUT2D eigenvalue weighted by Crippen LogP contribution is 2.28. The molecule has 1 aliphatic rings. The third-order valence-electron chi connectivity index (χ3n) is 3.89. The molecule has 4 nitrogen and oxygen atoms in total. The summed E-state index contributed by atoms with van der Waals surface area (Å²) in [6.45, 7) is 4.61. The first kappa shape index (κ1) is 14.3. The van der Waals surface area contributed by atoms with E-state index in [9.17, 15) is 9.18 Å². The monoisotopic (exact) mass is 309 g/mol. The van der Waals surface area contributed by atoms with Gasteiger partial charge in [-0.15, -0.1) is 5.10 Å². The number of halogens is 2. The van der Waals surface area contributed by atoms with Gasteiger partial charge in [0.05, 0.1) is 0 Å². The Bertz CT molecular complexity index is 748. The summed E-state index contributed by atoms with van der Waals surface area (Å²) < 4.78 is 17.0. The third kappa shape index (κ3) is 2.39. The van der Waals surface area contributed by atoms with E-state index < -0.39 is 5.82 Å². The number of rotatable bonds is 2. The van der Waals surface area contributed by atoms with Crippen LogP contribution in [0.4, 0.5) is 4.39 Å². The minimum atomic E-state index is -0.526. The lowest BCUT2D eigenvalue weighted by molar-refractivity contribution is 0.512. The van der Waals surface area contributed by atoms with E-state index >= 15 is 0 Å². The summed E-state index contributed by atoms with van der Waals surface area (Å²) in [6, 6.07) is 2.89. The summed E-state index contributed by atoms with van der Waals surface area (Å²) in [4.78, 5) is 12.4. The first-order chi connectivity index (χ1) is 9.99. The van der Waals surface area contributed by atoms with Gasteiger partial charge in [0.25, 0.3) is 0 Å². The molecule has 0 radical (unpaired) electrons. The first-order valence-corrected chi connectivity index (χ1v) is 7.55. The molecule has 0 saturated carbocycles. The SMILES string of the molecule is CC(C)c1cc(-n2nc3n(c2=O)CCCC3)c(F)cc1Cl. The molecule has 0 bridgehead atoms. The summed E-state index contributed by atoms with van der Waals surface area (Å²) in [5.41, 5.74) is 0.710. The topological polar surface area (TPSA) is 39.8 Å². The smallest absolute Gasteiger partial charge is 0.279 e. The van der Waals surface area contributed by atoms with Crippen LogP contribution in [0, 0.1) is 5.82 Å². The fourth-order valence-electron chi connectivity index (χ4n) is 2.71. The van der Waals surface area contributed by atoms with E-state index in [0.717, 1.165) is 35.3 Å². The normalized spacial score (nSPS) is 14.5. The van der Waals surface area contributed by atoms with Crippen LogP contribution in [0.1, 0.15) is 44.0 Å². The number of fused-ring (bicyclic) bond motifs is 1. The van der Waals surface area contributed by atoms with Gasteiger partial charge in [0.2, 0.25) is 0 Å². The van der Waals surface area contributed by atoms with Crippen LogP contribution in [0.5, 0.6) is 0 Å². The van der Waals surface area contributed by atoms with Crippen LogP contribution in [0.25, 0.3) is 5.69 Å². The van der Waals surface area contributed by atoms with E-state index in [1.54, 1.807) is 10.6 Å². The lowest BCUT2D eigenvalue weighted by Gasteiger charge is -2.11. The average molecular weight is 310 g/mol. The van der Waals surface area contributed by atoms with Gasteiger partial charge in [-0.1, -0.05) is 25.4 Å². The Morgan fingerprint density at radius 2 is 2.10 bits per heavy atom. The molecule has 0 spiro atoms. The van der Waals surface area contributed by atoms with Gasteiger partial charge in [-0.25, -0.2) is 9.18 Å². The second kappa shape index (κ2) is 5.30. The number of benzene rings is 1. The second-order valence-corrected chi connectivity index (χ2v) is 6.11. The fourth-order valence-corrected chi connectivity index (χ4v) is 3.08. The summed E-state index contributed by atoms with van der Waals surface area (Å²) in [7, 11) is 0. The Labute approximate surface area is 127 Å². The highest BCUT2D eigenvalue weighted by Gasteiger charge is 2.20. The molecule has 0 saturated heterocycles. The maximum absolute atomic E-state index is 14.2. The predicted octanol–water partition coefficient (Wildman–Crippen LogP) is 3.29. The largest absolute Gasteiger partial charge is 0.350 e. The van der Waals surface area contributed by atoms with Crippen LogP contribution in [-0.4, -0.2) is 14.3 Å². The molecule has 0 fully saturated rings. The van der Waals surface area contributed by atoms with Crippen molar-refractivity contribution in [3.8, 4) is 5.69 Å². The summed E-state index contributed by atoms with van der Waals surface area (Å²) >= 11 is 6.07. The third-order valence-corrected chi connectivity index (χ3v) is 4.21. The number of aromatic nitrogens is 3. The van der Waals surface area contributed by atoms with Gasteiger partial charge < -0.3 is 0 Å². The van der Waals surface area contributed by atoms with Crippen LogP contribution in [0.2, 0.25) is 5.02 Å². The highest BCUT2D eigenvalue weighted by atomic mass is 35.5. The molecule has 0 aliphatic carbocycles. The van der Waals surface area contributed by atoms with Crippen molar-refractivity contribution in [2.75, 3.05) is 0 Å². The van der Waals surface area contributed by atoms with Crippen LogP contribution < -0.4 is 5.69 Å². The van der Waals surface area contributed by atoms with E-state index in [1.807, 2.05) is 13.8 Å². The summed E-state index contributed by atoms with van der Waals surface area (Å²) in [6.07, 6.45) is 2.73. The highest BCUT2D eigenvalue weighted by molar-refractivity contribution is 6.31. The molecule has 2 heterocycles. The van der Waals surface area contributed by atoms with E-state index in [4.69, 9.17) is 11.6 Å². The molecular formula is C15H17ClFN3O. The van der Waals surface area contributed by atoms with Crippen molar-refractivity contribution in [1.82, 2.24) is 14.3 Å². The zero-order chi connectivity index (χ0) is 15.1. The molecule has 0 N–H and O–H groups in total. The van der Waals surface area contributed by atoms with Crippen molar-refractivity contribution in [1.29, 1.82) is 0 Å². The summed E-state index contributed by atoms with van der Waals surface area (Å²) in [5.74, 6) is 0.346. The lowest BCUT2D eigenvalue weighted by atomic mass is 10.0. The van der Waals surface area contributed by atoms with Gasteiger partial charge >= 0.3 is 5.69 Å². The van der Waals surface area contributed by atoms with Crippen molar-refractivity contribution in [2.24, 2.45) is 0 Å². The maximum Gasteiger partial charge on any atom is 0.350 e. The standard InChI is InChI=1S/C15H17ClFN3O/c1-9(2)10-7-13(12(17)8-11(10)16)20-15(21)19-6-4-3-5-14(19)18-20/h7-9H,3-6H2,1-2H3. The van der Waals surface area contributed by atoms with Gasteiger partial charge in [-0.05, 0) is 36.5 Å². The van der Waals surface area contributed by atoms with Gasteiger partial charge in [0.1, 0.15) is 11.5 Å². The van der Waals surface area contributed by atoms with Gasteiger partial charge in [-0.2, -0.15) is 4.68 Å². The zero-order valence-corrected chi connectivity index (χ0v) is 12.8. The predicted molar refractivity (Wildman–Crippen MR) is 79.8 cm³/mol. The molecule has 21 heavy (non-hydrogen) atoms. The molecule has 2 aromatic rings. The molecule has 0 unspecified atom stereocenters. The van der Waals surface area contributed by atoms with Crippen LogP contribution in [0.15, 0.2) is 16.9 Å².